The third-order valence-corrected chi connectivity index (χ3v) is 3.11. The molecular formula is C10H8ClFOS. The summed E-state index contributed by atoms with van der Waals surface area (Å²) in [6, 6.07) is 3.16. The van der Waals surface area contributed by atoms with Crippen molar-refractivity contribution in [2.45, 2.75) is 6.92 Å². The van der Waals surface area contributed by atoms with E-state index in [1.807, 2.05) is 18.4 Å². The van der Waals surface area contributed by atoms with Crippen LogP contribution in [0, 0.1) is 5.82 Å². The van der Waals surface area contributed by atoms with Gasteiger partial charge in [0.05, 0.1) is 16.3 Å². The highest BCUT2D eigenvalue weighted by atomic mass is 35.5. The number of halogens is 2. The Bertz CT molecular complexity index is 466. The molecule has 0 N–H and O–H groups in total. The summed E-state index contributed by atoms with van der Waals surface area (Å²) in [6.07, 6.45) is 0. The van der Waals surface area contributed by atoms with Crippen LogP contribution in [-0.4, -0.2) is 6.61 Å². The van der Waals surface area contributed by atoms with E-state index in [0.717, 1.165) is 10.1 Å². The van der Waals surface area contributed by atoms with Crippen molar-refractivity contribution in [3.8, 4) is 5.75 Å². The van der Waals surface area contributed by atoms with Crippen molar-refractivity contribution in [3.63, 3.8) is 0 Å². The largest absolute Gasteiger partial charge is 0.489 e. The molecule has 0 spiro atoms. The summed E-state index contributed by atoms with van der Waals surface area (Å²) in [7, 11) is 0. The van der Waals surface area contributed by atoms with E-state index in [0.29, 0.717) is 17.4 Å². The van der Waals surface area contributed by atoms with Gasteiger partial charge < -0.3 is 4.74 Å². The van der Waals surface area contributed by atoms with Crippen LogP contribution >= 0.6 is 22.9 Å². The minimum atomic E-state index is -0.396. The molecule has 0 fully saturated rings. The topological polar surface area (TPSA) is 9.23 Å². The molecular weight excluding hydrogens is 223 g/mol. The van der Waals surface area contributed by atoms with Gasteiger partial charge in [-0.25, -0.2) is 4.39 Å². The first kappa shape index (κ1) is 9.74. The average Bonchev–Trinajstić information content (AvgIpc) is 2.60. The Labute approximate surface area is 90.1 Å². The normalized spacial score (nSPS) is 10.8. The molecule has 0 saturated carbocycles. The van der Waals surface area contributed by atoms with Crippen molar-refractivity contribution in [2.75, 3.05) is 6.61 Å². The van der Waals surface area contributed by atoms with Crippen LogP contribution in [0.5, 0.6) is 5.75 Å². The highest BCUT2D eigenvalue weighted by Crippen LogP contribution is 2.37. The van der Waals surface area contributed by atoms with E-state index in [2.05, 4.69) is 0 Å². The third kappa shape index (κ3) is 1.47. The highest BCUT2D eigenvalue weighted by molar-refractivity contribution is 7.17. The lowest BCUT2D eigenvalue weighted by atomic mass is 10.2. The summed E-state index contributed by atoms with van der Waals surface area (Å²) >= 11 is 7.32. The molecule has 0 radical (unpaired) electrons. The predicted molar refractivity (Wildman–Crippen MR) is 58.0 cm³/mol. The molecule has 0 saturated heterocycles. The Balaban J connectivity index is 2.73. The zero-order chi connectivity index (χ0) is 10.1. The van der Waals surface area contributed by atoms with Gasteiger partial charge in [-0.15, -0.1) is 11.3 Å². The van der Waals surface area contributed by atoms with Crippen molar-refractivity contribution in [2.24, 2.45) is 0 Å². The lowest BCUT2D eigenvalue weighted by molar-refractivity contribution is 0.326. The van der Waals surface area contributed by atoms with Crippen LogP contribution in [0.1, 0.15) is 6.92 Å². The van der Waals surface area contributed by atoms with Crippen molar-refractivity contribution in [1.29, 1.82) is 0 Å². The fourth-order valence-electron chi connectivity index (χ4n) is 1.32. The van der Waals surface area contributed by atoms with Crippen LogP contribution in [0.2, 0.25) is 5.02 Å². The second-order valence-corrected chi connectivity index (χ2v) is 4.09. The van der Waals surface area contributed by atoms with Gasteiger partial charge in [-0.05, 0) is 24.4 Å². The maximum absolute atomic E-state index is 13.4. The SMILES string of the molecule is CCOc1c(F)cc(Cl)c2ccsc12. The summed E-state index contributed by atoms with van der Waals surface area (Å²) < 4.78 is 19.5. The van der Waals surface area contributed by atoms with E-state index < -0.39 is 5.82 Å². The Hall–Kier alpha value is -0.800. The number of benzene rings is 1. The molecule has 2 rings (SSSR count). The number of fused-ring (bicyclic) bond motifs is 1. The third-order valence-electron chi connectivity index (χ3n) is 1.89. The van der Waals surface area contributed by atoms with Crippen LogP contribution in [0.25, 0.3) is 10.1 Å². The molecule has 0 amide bonds. The van der Waals surface area contributed by atoms with Gasteiger partial charge in [0.1, 0.15) is 0 Å². The Morgan fingerprint density at radius 3 is 3.07 bits per heavy atom. The molecule has 1 heterocycles. The van der Waals surface area contributed by atoms with Gasteiger partial charge in [-0.1, -0.05) is 11.6 Å². The number of hydrogen-bond acceptors (Lipinski definition) is 2. The maximum Gasteiger partial charge on any atom is 0.172 e. The molecule has 74 valence electrons. The fraction of sp³-hybridized carbons (Fsp3) is 0.200. The van der Waals surface area contributed by atoms with E-state index in [1.54, 1.807) is 0 Å². The minimum absolute atomic E-state index is 0.307. The van der Waals surface area contributed by atoms with E-state index in [4.69, 9.17) is 16.3 Å². The molecule has 0 unspecified atom stereocenters. The summed E-state index contributed by atoms with van der Waals surface area (Å²) in [5, 5.41) is 3.15. The van der Waals surface area contributed by atoms with Crippen molar-refractivity contribution in [3.05, 3.63) is 28.4 Å². The Kier molecular flexibility index (Phi) is 2.61. The van der Waals surface area contributed by atoms with Crippen molar-refractivity contribution in [1.82, 2.24) is 0 Å². The van der Waals surface area contributed by atoms with Crippen LogP contribution in [0.15, 0.2) is 17.5 Å². The lowest BCUT2D eigenvalue weighted by Crippen LogP contribution is -1.94. The second kappa shape index (κ2) is 3.75. The van der Waals surface area contributed by atoms with Gasteiger partial charge in [0.25, 0.3) is 0 Å². The monoisotopic (exact) mass is 230 g/mol. The van der Waals surface area contributed by atoms with E-state index in [1.165, 1.54) is 17.4 Å². The molecule has 0 aliphatic rings. The van der Waals surface area contributed by atoms with Crippen LogP contribution < -0.4 is 4.74 Å². The molecule has 1 aromatic carbocycles. The summed E-state index contributed by atoms with van der Waals surface area (Å²) in [5.41, 5.74) is 0. The van der Waals surface area contributed by atoms with E-state index >= 15 is 0 Å². The molecule has 0 aliphatic heterocycles. The van der Waals surface area contributed by atoms with Crippen LogP contribution in [-0.2, 0) is 0 Å². The molecule has 4 heteroatoms. The Morgan fingerprint density at radius 1 is 1.57 bits per heavy atom. The number of ether oxygens (including phenoxy) is 1. The molecule has 0 atom stereocenters. The molecule has 14 heavy (non-hydrogen) atoms. The van der Waals surface area contributed by atoms with Gasteiger partial charge in [-0.3, -0.25) is 0 Å². The molecule has 0 aliphatic carbocycles. The first-order valence-electron chi connectivity index (χ1n) is 4.22. The van der Waals surface area contributed by atoms with E-state index in [-0.39, 0.29) is 0 Å². The van der Waals surface area contributed by atoms with Crippen LogP contribution in [0.3, 0.4) is 0 Å². The van der Waals surface area contributed by atoms with Crippen molar-refractivity contribution < 1.29 is 9.13 Å². The summed E-state index contributed by atoms with van der Waals surface area (Å²) in [5.74, 6) is -0.0892. The molecule has 2 aromatic rings. The second-order valence-electron chi connectivity index (χ2n) is 2.77. The van der Waals surface area contributed by atoms with Gasteiger partial charge in [0, 0.05) is 5.39 Å². The van der Waals surface area contributed by atoms with Crippen molar-refractivity contribution >= 4 is 33.0 Å². The Morgan fingerprint density at radius 2 is 2.36 bits per heavy atom. The van der Waals surface area contributed by atoms with Gasteiger partial charge in [0.15, 0.2) is 11.6 Å². The number of hydrogen-bond donors (Lipinski definition) is 0. The number of rotatable bonds is 2. The lowest BCUT2D eigenvalue weighted by Gasteiger charge is -2.06. The highest BCUT2D eigenvalue weighted by Gasteiger charge is 2.12. The van der Waals surface area contributed by atoms with Crippen LogP contribution in [0.4, 0.5) is 4.39 Å². The quantitative estimate of drug-likeness (QED) is 0.755. The van der Waals surface area contributed by atoms with Gasteiger partial charge >= 0.3 is 0 Å². The fourth-order valence-corrected chi connectivity index (χ4v) is 2.53. The smallest absolute Gasteiger partial charge is 0.172 e. The standard InChI is InChI=1S/C10H8ClFOS/c1-2-13-9-8(12)5-7(11)6-3-4-14-10(6)9/h3-5H,2H2,1H3. The molecule has 1 aromatic heterocycles. The van der Waals surface area contributed by atoms with Gasteiger partial charge in [0.2, 0.25) is 0 Å². The van der Waals surface area contributed by atoms with Gasteiger partial charge in [-0.2, -0.15) is 0 Å². The first-order chi connectivity index (χ1) is 6.74. The average molecular weight is 231 g/mol. The number of thiophene rings is 1. The summed E-state index contributed by atoms with van der Waals surface area (Å²) in [4.78, 5) is 0. The van der Waals surface area contributed by atoms with E-state index in [9.17, 15) is 4.39 Å². The molecule has 0 bridgehead atoms. The zero-order valence-electron chi connectivity index (χ0n) is 7.51. The summed E-state index contributed by atoms with van der Waals surface area (Å²) in [6.45, 7) is 2.28. The first-order valence-corrected chi connectivity index (χ1v) is 5.47. The molecule has 1 nitrogen and oxygen atoms in total. The minimum Gasteiger partial charge on any atom is -0.489 e. The predicted octanol–water partition coefficient (Wildman–Crippen LogP) is 4.09. The maximum atomic E-state index is 13.4. The zero-order valence-corrected chi connectivity index (χ0v) is 9.08.